The lowest BCUT2D eigenvalue weighted by molar-refractivity contribution is -0.0627. The molecule has 0 spiro atoms. The van der Waals surface area contributed by atoms with Crippen LogP contribution in [-0.2, 0) is 0 Å². The second-order valence-corrected chi connectivity index (χ2v) is 7.44. The number of hydrogen-bond acceptors (Lipinski definition) is 4. The van der Waals surface area contributed by atoms with Gasteiger partial charge in [-0.25, -0.2) is 4.39 Å². The number of hydrogen-bond donors (Lipinski definition) is 2. The monoisotopic (exact) mass is 391 g/mol. The summed E-state index contributed by atoms with van der Waals surface area (Å²) in [7, 11) is 0. The predicted octanol–water partition coefficient (Wildman–Crippen LogP) is 3.68. The molecule has 1 aliphatic heterocycles. The van der Waals surface area contributed by atoms with Crippen molar-refractivity contribution in [2.24, 2.45) is 0 Å². The van der Waals surface area contributed by atoms with Gasteiger partial charge < -0.3 is 15.2 Å². The molecule has 2 aromatic rings. The third kappa shape index (κ3) is 3.68. The van der Waals surface area contributed by atoms with Crippen molar-refractivity contribution in [1.29, 1.82) is 0 Å². The van der Waals surface area contributed by atoms with Crippen molar-refractivity contribution >= 4 is 23.3 Å². The molecule has 0 fully saturated rings. The number of fused-ring (bicyclic) bond motifs is 1. The zero-order valence-electron chi connectivity index (χ0n) is 15.0. The van der Waals surface area contributed by atoms with Gasteiger partial charge in [-0.3, -0.25) is 9.59 Å². The molecule has 1 heterocycles. The van der Waals surface area contributed by atoms with Crippen molar-refractivity contribution in [1.82, 2.24) is 5.32 Å². The number of carbonyl (C=O) groups excluding carboxylic acids is 2. The van der Waals surface area contributed by atoms with E-state index in [0.717, 1.165) is 12.1 Å². The van der Waals surface area contributed by atoms with Crippen LogP contribution in [0, 0.1) is 5.82 Å². The molecule has 7 heteroatoms. The van der Waals surface area contributed by atoms with Crippen LogP contribution < -0.4 is 10.1 Å². The van der Waals surface area contributed by atoms with Gasteiger partial charge in [0.1, 0.15) is 23.3 Å². The van der Waals surface area contributed by atoms with Gasteiger partial charge in [0, 0.05) is 11.1 Å². The summed E-state index contributed by atoms with van der Waals surface area (Å²) in [6.07, 6.45) is -1.09. The lowest BCUT2D eigenvalue weighted by Gasteiger charge is -2.42. The Kier molecular flexibility index (Phi) is 4.97. The maximum absolute atomic E-state index is 13.2. The van der Waals surface area contributed by atoms with Gasteiger partial charge in [-0.15, -0.1) is 0 Å². The summed E-state index contributed by atoms with van der Waals surface area (Å²) in [4.78, 5) is 24.4. The number of ketones is 1. The van der Waals surface area contributed by atoms with Crippen molar-refractivity contribution in [3.8, 4) is 5.75 Å². The number of halogens is 2. The molecule has 27 heavy (non-hydrogen) atoms. The van der Waals surface area contributed by atoms with E-state index in [1.165, 1.54) is 13.0 Å². The zero-order chi connectivity index (χ0) is 19.9. The Hall–Kier alpha value is -2.44. The second-order valence-electron chi connectivity index (χ2n) is 7.03. The minimum Gasteiger partial charge on any atom is -0.485 e. The van der Waals surface area contributed by atoms with Crippen LogP contribution in [0.25, 0.3) is 0 Å². The molecule has 2 atom stereocenters. The van der Waals surface area contributed by atoms with Crippen molar-refractivity contribution < 1.29 is 23.8 Å². The molecule has 0 radical (unpaired) electrons. The summed E-state index contributed by atoms with van der Waals surface area (Å²) in [5, 5.41) is 13.5. The topological polar surface area (TPSA) is 75.6 Å². The van der Waals surface area contributed by atoms with Gasteiger partial charge in [0.25, 0.3) is 5.91 Å². The maximum atomic E-state index is 13.2. The Morgan fingerprint density at radius 2 is 1.93 bits per heavy atom. The Morgan fingerprint density at radius 3 is 2.56 bits per heavy atom. The molecular formula is C20H19ClFNO4. The van der Waals surface area contributed by atoms with Crippen LogP contribution in [0.3, 0.4) is 0 Å². The van der Waals surface area contributed by atoms with Crippen LogP contribution in [0.1, 0.15) is 53.1 Å². The van der Waals surface area contributed by atoms with Crippen LogP contribution in [0.15, 0.2) is 36.4 Å². The van der Waals surface area contributed by atoms with E-state index in [2.05, 4.69) is 5.32 Å². The molecule has 1 amide bonds. The van der Waals surface area contributed by atoms with Crippen molar-refractivity contribution in [3.63, 3.8) is 0 Å². The normalized spacial score (nSPS) is 20.4. The molecule has 3 rings (SSSR count). The SMILES string of the molecule is CC(=O)c1ccc2c(c1)[C@H](NC(=O)c1ccc(F)cc1Cl)[C@@H](O)C(C)(C)O2. The number of aliphatic hydroxyl groups is 1. The number of Topliss-reactive ketones (excluding diaryl/α,β-unsaturated/α-hetero) is 1. The maximum Gasteiger partial charge on any atom is 0.253 e. The Morgan fingerprint density at radius 1 is 1.22 bits per heavy atom. The highest BCUT2D eigenvalue weighted by molar-refractivity contribution is 6.33. The Balaban J connectivity index is 2.01. The first-order valence-electron chi connectivity index (χ1n) is 8.38. The summed E-state index contributed by atoms with van der Waals surface area (Å²) in [6.45, 7) is 4.82. The highest BCUT2D eigenvalue weighted by Crippen LogP contribution is 2.40. The Bertz CT molecular complexity index is 928. The molecule has 5 nitrogen and oxygen atoms in total. The van der Waals surface area contributed by atoms with Crippen molar-refractivity contribution in [3.05, 3.63) is 63.9 Å². The largest absolute Gasteiger partial charge is 0.485 e. The highest BCUT2D eigenvalue weighted by Gasteiger charge is 2.44. The van der Waals surface area contributed by atoms with E-state index in [1.54, 1.807) is 32.0 Å². The Labute approximate surface area is 161 Å². The summed E-state index contributed by atoms with van der Waals surface area (Å²) in [6, 6.07) is 7.48. The fourth-order valence-electron chi connectivity index (χ4n) is 3.07. The molecular weight excluding hydrogens is 373 g/mol. The van der Waals surface area contributed by atoms with Gasteiger partial charge >= 0.3 is 0 Å². The minimum atomic E-state index is -1.09. The average molecular weight is 392 g/mol. The van der Waals surface area contributed by atoms with Crippen molar-refractivity contribution in [2.75, 3.05) is 0 Å². The summed E-state index contributed by atoms with van der Waals surface area (Å²) >= 11 is 5.97. The fraction of sp³-hybridized carbons (Fsp3) is 0.300. The van der Waals surface area contributed by atoms with Crippen molar-refractivity contribution in [2.45, 2.75) is 38.5 Å². The van der Waals surface area contributed by atoms with E-state index in [4.69, 9.17) is 16.3 Å². The summed E-state index contributed by atoms with van der Waals surface area (Å²) in [5.41, 5.74) is 0.0261. The van der Waals surface area contributed by atoms with Gasteiger partial charge in [0.2, 0.25) is 0 Å². The van der Waals surface area contributed by atoms with Gasteiger partial charge in [0.05, 0.1) is 16.6 Å². The molecule has 0 bridgehead atoms. The molecule has 0 aliphatic carbocycles. The number of amides is 1. The van der Waals surface area contributed by atoms with Crippen LogP contribution in [0.4, 0.5) is 4.39 Å². The number of carbonyl (C=O) groups is 2. The quantitative estimate of drug-likeness (QED) is 0.782. The third-order valence-electron chi connectivity index (χ3n) is 4.61. The highest BCUT2D eigenvalue weighted by atomic mass is 35.5. The minimum absolute atomic E-state index is 0.0361. The van der Waals surface area contributed by atoms with Gasteiger partial charge in [0.15, 0.2) is 5.78 Å². The van der Waals surface area contributed by atoms with E-state index < -0.39 is 29.5 Å². The number of nitrogens with one attached hydrogen (secondary N) is 1. The third-order valence-corrected chi connectivity index (χ3v) is 4.93. The van der Waals surface area contributed by atoms with Crippen LogP contribution in [0.2, 0.25) is 5.02 Å². The standard InChI is InChI=1S/C20H19ClFNO4/c1-10(24)11-4-7-16-14(8-11)17(18(25)20(2,3)27-16)23-19(26)13-6-5-12(22)9-15(13)21/h4-9,17-18,25H,1-3H3,(H,23,26)/t17-,18+/m0/s1. The van der Waals surface area contributed by atoms with E-state index in [1.807, 2.05) is 0 Å². The van der Waals surface area contributed by atoms with E-state index in [-0.39, 0.29) is 16.4 Å². The summed E-state index contributed by atoms with van der Waals surface area (Å²) < 4.78 is 19.1. The fourth-order valence-corrected chi connectivity index (χ4v) is 3.32. The second kappa shape index (κ2) is 6.94. The zero-order valence-corrected chi connectivity index (χ0v) is 15.8. The average Bonchev–Trinajstić information content (AvgIpc) is 2.58. The summed E-state index contributed by atoms with van der Waals surface area (Å²) in [5.74, 6) is -0.809. The van der Waals surface area contributed by atoms with E-state index >= 15 is 0 Å². The number of ether oxygens (including phenoxy) is 1. The predicted molar refractivity (Wildman–Crippen MR) is 98.8 cm³/mol. The molecule has 0 saturated heterocycles. The molecule has 0 unspecified atom stereocenters. The van der Waals surface area contributed by atoms with E-state index in [9.17, 15) is 19.1 Å². The molecule has 142 valence electrons. The van der Waals surface area contributed by atoms with Crippen LogP contribution in [0.5, 0.6) is 5.75 Å². The number of rotatable bonds is 3. The lowest BCUT2D eigenvalue weighted by Crippen LogP contribution is -2.53. The first-order chi connectivity index (χ1) is 12.6. The first-order valence-corrected chi connectivity index (χ1v) is 8.76. The van der Waals surface area contributed by atoms with Crippen LogP contribution in [-0.4, -0.2) is 28.5 Å². The molecule has 1 aliphatic rings. The van der Waals surface area contributed by atoms with Crippen LogP contribution >= 0.6 is 11.6 Å². The van der Waals surface area contributed by atoms with Gasteiger partial charge in [-0.05, 0) is 57.2 Å². The van der Waals surface area contributed by atoms with E-state index in [0.29, 0.717) is 16.9 Å². The lowest BCUT2D eigenvalue weighted by atomic mass is 9.85. The molecule has 2 aromatic carbocycles. The number of benzene rings is 2. The first kappa shape index (κ1) is 19.3. The molecule has 0 aromatic heterocycles. The van der Waals surface area contributed by atoms with Gasteiger partial charge in [-0.1, -0.05) is 11.6 Å². The molecule has 0 saturated carbocycles. The number of aliphatic hydroxyl groups excluding tert-OH is 1. The van der Waals surface area contributed by atoms with Gasteiger partial charge in [-0.2, -0.15) is 0 Å². The smallest absolute Gasteiger partial charge is 0.253 e. The molecule has 2 N–H and O–H groups in total.